The molecule has 0 saturated heterocycles. The molecule has 118 valence electrons. The van der Waals surface area contributed by atoms with Crippen molar-refractivity contribution in [3.8, 4) is 0 Å². The van der Waals surface area contributed by atoms with Gasteiger partial charge in [-0.15, -0.1) is 0 Å². The van der Waals surface area contributed by atoms with E-state index in [4.69, 9.17) is 0 Å². The molecule has 0 saturated carbocycles. The van der Waals surface area contributed by atoms with E-state index in [1.165, 1.54) is 0 Å². The molecule has 0 aliphatic carbocycles. The lowest BCUT2D eigenvalue weighted by atomic mass is 10.1. The van der Waals surface area contributed by atoms with Gasteiger partial charge >= 0.3 is 0 Å². The van der Waals surface area contributed by atoms with Crippen LogP contribution >= 0.6 is 0 Å². The zero-order valence-electron chi connectivity index (χ0n) is 13.5. The summed E-state index contributed by atoms with van der Waals surface area (Å²) in [7, 11) is 0. The largest absolute Gasteiger partial charge is 0.326 e. The SMILES string of the molecule is CC(C)CC(=O)Nc1cccc(/C=C/C(=O)c2ccccc2)c1. The third-order valence-electron chi connectivity index (χ3n) is 3.25. The van der Waals surface area contributed by atoms with Gasteiger partial charge in [0, 0.05) is 17.7 Å². The second kappa shape index (κ2) is 8.08. The molecule has 0 bridgehead atoms. The minimum atomic E-state index is -0.0418. The lowest BCUT2D eigenvalue weighted by molar-refractivity contribution is -0.116. The topological polar surface area (TPSA) is 46.2 Å². The van der Waals surface area contributed by atoms with Gasteiger partial charge in [-0.25, -0.2) is 0 Å². The van der Waals surface area contributed by atoms with Crippen molar-refractivity contribution in [2.45, 2.75) is 20.3 Å². The Morgan fingerprint density at radius 3 is 2.48 bits per heavy atom. The van der Waals surface area contributed by atoms with E-state index in [-0.39, 0.29) is 11.7 Å². The van der Waals surface area contributed by atoms with Crippen LogP contribution in [-0.4, -0.2) is 11.7 Å². The number of anilines is 1. The van der Waals surface area contributed by atoms with Crippen LogP contribution in [0, 0.1) is 5.92 Å². The molecule has 0 spiro atoms. The van der Waals surface area contributed by atoms with Crippen molar-refractivity contribution in [2.75, 3.05) is 5.32 Å². The highest BCUT2D eigenvalue weighted by Gasteiger charge is 2.05. The minimum absolute atomic E-state index is 0.00138. The van der Waals surface area contributed by atoms with E-state index in [9.17, 15) is 9.59 Å². The Bertz CT molecular complexity index is 703. The van der Waals surface area contributed by atoms with Crippen molar-refractivity contribution in [3.05, 3.63) is 71.8 Å². The van der Waals surface area contributed by atoms with Crippen LogP contribution in [0.3, 0.4) is 0 Å². The van der Waals surface area contributed by atoms with Gasteiger partial charge in [-0.1, -0.05) is 62.4 Å². The highest BCUT2D eigenvalue weighted by Crippen LogP contribution is 2.14. The lowest BCUT2D eigenvalue weighted by Gasteiger charge is -2.07. The van der Waals surface area contributed by atoms with Crippen LogP contribution in [0.5, 0.6) is 0 Å². The predicted molar refractivity (Wildman–Crippen MR) is 94.3 cm³/mol. The zero-order valence-corrected chi connectivity index (χ0v) is 13.5. The number of allylic oxidation sites excluding steroid dienone is 1. The highest BCUT2D eigenvalue weighted by molar-refractivity contribution is 6.06. The summed E-state index contributed by atoms with van der Waals surface area (Å²) < 4.78 is 0. The molecule has 0 aromatic heterocycles. The number of nitrogens with one attached hydrogen (secondary N) is 1. The maximum atomic E-state index is 12.0. The molecule has 0 aliphatic heterocycles. The van der Waals surface area contributed by atoms with Gasteiger partial charge in [-0.05, 0) is 29.7 Å². The molecule has 0 unspecified atom stereocenters. The Balaban J connectivity index is 2.04. The summed E-state index contributed by atoms with van der Waals surface area (Å²) in [6, 6.07) is 16.6. The molecule has 1 N–H and O–H groups in total. The third-order valence-corrected chi connectivity index (χ3v) is 3.25. The Morgan fingerprint density at radius 2 is 1.78 bits per heavy atom. The quantitative estimate of drug-likeness (QED) is 0.628. The van der Waals surface area contributed by atoms with Crippen LogP contribution < -0.4 is 5.32 Å². The van der Waals surface area contributed by atoms with E-state index < -0.39 is 0 Å². The molecular weight excluding hydrogens is 286 g/mol. The molecule has 0 fully saturated rings. The number of ketones is 1. The van der Waals surface area contributed by atoms with Crippen LogP contribution in [0.25, 0.3) is 6.08 Å². The van der Waals surface area contributed by atoms with E-state index in [0.717, 1.165) is 11.3 Å². The molecule has 3 nitrogen and oxygen atoms in total. The fourth-order valence-electron chi connectivity index (χ4n) is 2.17. The molecule has 0 radical (unpaired) electrons. The smallest absolute Gasteiger partial charge is 0.224 e. The summed E-state index contributed by atoms with van der Waals surface area (Å²) in [5.41, 5.74) is 2.27. The molecule has 0 atom stereocenters. The monoisotopic (exact) mass is 307 g/mol. The third kappa shape index (κ3) is 5.55. The first-order valence-corrected chi connectivity index (χ1v) is 7.72. The molecular formula is C20H21NO2. The maximum absolute atomic E-state index is 12.0. The summed E-state index contributed by atoms with van der Waals surface area (Å²) in [6.45, 7) is 4.02. The van der Waals surface area contributed by atoms with Gasteiger partial charge in [0.25, 0.3) is 0 Å². The van der Waals surface area contributed by atoms with Crippen LogP contribution in [0.4, 0.5) is 5.69 Å². The number of carbonyl (C=O) groups excluding carboxylic acids is 2. The molecule has 0 aliphatic rings. The van der Waals surface area contributed by atoms with E-state index in [1.54, 1.807) is 24.3 Å². The maximum Gasteiger partial charge on any atom is 0.224 e. The van der Waals surface area contributed by atoms with Crippen molar-refractivity contribution < 1.29 is 9.59 Å². The Kier molecular flexibility index (Phi) is 5.87. The lowest BCUT2D eigenvalue weighted by Crippen LogP contribution is -2.13. The van der Waals surface area contributed by atoms with E-state index >= 15 is 0 Å². The van der Waals surface area contributed by atoms with Crippen LogP contribution in [0.2, 0.25) is 0 Å². The molecule has 1 amide bonds. The minimum Gasteiger partial charge on any atom is -0.326 e. The predicted octanol–water partition coefficient (Wildman–Crippen LogP) is 4.57. The van der Waals surface area contributed by atoms with E-state index in [2.05, 4.69) is 5.32 Å². The number of benzene rings is 2. The first-order chi connectivity index (χ1) is 11.0. The average Bonchev–Trinajstić information content (AvgIpc) is 2.53. The van der Waals surface area contributed by atoms with Crippen LogP contribution in [0.15, 0.2) is 60.7 Å². The van der Waals surface area contributed by atoms with E-state index in [0.29, 0.717) is 17.9 Å². The van der Waals surface area contributed by atoms with Crippen molar-refractivity contribution in [3.63, 3.8) is 0 Å². The first kappa shape index (κ1) is 16.7. The molecule has 2 aromatic carbocycles. The number of amides is 1. The molecule has 3 heteroatoms. The Labute approximate surface area is 137 Å². The van der Waals surface area contributed by atoms with Gasteiger partial charge in [-0.2, -0.15) is 0 Å². The first-order valence-electron chi connectivity index (χ1n) is 7.72. The molecule has 2 aromatic rings. The summed E-state index contributed by atoms with van der Waals surface area (Å²) >= 11 is 0. The number of hydrogen-bond donors (Lipinski definition) is 1. The molecule has 2 rings (SSSR count). The van der Waals surface area contributed by atoms with Gasteiger partial charge < -0.3 is 5.32 Å². The highest BCUT2D eigenvalue weighted by atomic mass is 16.1. The van der Waals surface area contributed by atoms with Crippen LogP contribution in [0.1, 0.15) is 36.2 Å². The van der Waals surface area contributed by atoms with Crippen molar-refractivity contribution >= 4 is 23.5 Å². The van der Waals surface area contributed by atoms with Crippen molar-refractivity contribution in [1.82, 2.24) is 0 Å². The number of carbonyl (C=O) groups is 2. The van der Waals surface area contributed by atoms with Crippen LogP contribution in [-0.2, 0) is 4.79 Å². The standard InChI is InChI=1S/C20H21NO2/c1-15(2)13-20(23)21-18-10-6-7-16(14-18)11-12-19(22)17-8-4-3-5-9-17/h3-12,14-15H,13H2,1-2H3,(H,21,23)/b12-11+. The van der Waals surface area contributed by atoms with Gasteiger partial charge in [0.05, 0.1) is 0 Å². The molecule has 0 heterocycles. The molecule has 23 heavy (non-hydrogen) atoms. The number of rotatable bonds is 6. The van der Waals surface area contributed by atoms with Gasteiger partial charge in [-0.3, -0.25) is 9.59 Å². The Morgan fingerprint density at radius 1 is 1.04 bits per heavy atom. The normalized spacial score (nSPS) is 10.9. The van der Waals surface area contributed by atoms with Gasteiger partial charge in [0.1, 0.15) is 0 Å². The summed E-state index contributed by atoms with van der Waals surface area (Å²) in [6.07, 6.45) is 3.80. The summed E-state index contributed by atoms with van der Waals surface area (Å²) in [4.78, 5) is 23.8. The zero-order chi connectivity index (χ0) is 16.7. The fourth-order valence-corrected chi connectivity index (χ4v) is 2.17. The fraction of sp³-hybridized carbons (Fsp3) is 0.200. The van der Waals surface area contributed by atoms with Crippen molar-refractivity contribution in [1.29, 1.82) is 0 Å². The number of hydrogen-bond acceptors (Lipinski definition) is 2. The second-order valence-corrected chi connectivity index (χ2v) is 5.84. The summed E-state index contributed by atoms with van der Waals surface area (Å²) in [5.74, 6) is 0.280. The summed E-state index contributed by atoms with van der Waals surface area (Å²) in [5, 5.41) is 2.88. The van der Waals surface area contributed by atoms with Gasteiger partial charge in [0.2, 0.25) is 5.91 Å². The Hall–Kier alpha value is -2.68. The van der Waals surface area contributed by atoms with Gasteiger partial charge in [0.15, 0.2) is 5.78 Å². The second-order valence-electron chi connectivity index (χ2n) is 5.84. The average molecular weight is 307 g/mol. The van der Waals surface area contributed by atoms with E-state index in [1.807, 2.05) is 56.3 Å². The van der Waals surface area contributed by atoms with Crippen molar-refractivity contribution in [2.24, 2.45) is 5.92 Å².